The maximum absolute atomic E-state index is 12.2. The summed E-state index contributed by atoms with van der Waals surface area (Å²) in [7, 11) is 0. The molecular formula is C16H19N5O. The number of hydrogen-bond acceptors (Lipinski definition) is 2. The number of carbonyl (C=O) groups excluding carboxylic acids is 1. The summed E-state index contributed by atoms with van der Waals surface area (Å²) >= 11 is 0. The minimum absolute atomic E-state index is 0.201. The van der Waals surface area contributed by atoms with Gasteiger partial charge in [-0.1, -0.05) is 18.2 Å². The maximum atomic E-state index is 12.2. The number of benzene rings is 1. The van der Waals surface area contributed by atoms with Crippen molar-refractivity contribution in [1.29, 1.82) is 0 Å². The van der Waals surface area contributed by atoms with Crippen LogP contribution < -0.4 is 10.6 Å². The van der Waals surface area contributed by atoms with Crippen LogP contribution in [0.25, 0.3) is 10.9 Å². The number of carbonyl (C=O) groups is 1. The third kappa shape index (κ3) is 2.67. The van der Waals surface area contributed by atoms with Gasteiger partial charge in [-0.3, -0.25) is 5.32 Å². The Kier molecular flexibility index (Phi) is 3.36. The van der Waals surface area contributed by atoms with Crippen LogP contribution in [0.2, 0.25) is 0 Å². The van der Waals surface area contributed by atoms with Gasteiger partial charge in [0.15, 0.2) is 0 Å². The first kappa shape index (κ1) is 14.2. The molecule has 0 aliphatic rings. The molecule has 0 aliphatic carbocycles. The summed E-state index contributed by atoms with van der Waals surface area (Å²) in [5.74, 6) is 0.657. The van der Waals surface area contributed by atoms with E-state index in [9.17, 15) is 4.79 Å². The van der Waals surface area contributed by atoms with Crippen LogP contribution in [0.4, 0.5) is 16.3 Å². The van der Waals surface area contributed by atoms with Crippen LogP contribution in [-0.2, 0) is 5.54 Å². The Bertz CT molecular complexity index is 809. The van der Waals surface area contributed by atoms with Gasteiger partial charge in [-0.2, -0.15) is 5.10 Å². The Hall–Kier alpha value is -2.76. The van der Waals surface area contributed by atoms with E-state index in [1.807, 2.05) is 45.0 Å². The quantitative estimate of drug-likeness (QED) is 0.673. The van der Waals surface area contributed by atoms with Gasteiger partial charge in [-0.05, 0) is 26.8 Å². The molecule has 22 heavy (non-hydrogen) atoms. The number of fused-ring (bicyclic) bond motifs is 1. The second-order valence-electron chi connectivity index (χ2n) is 6.13. The molecule has 0 saturated carbocycles. The largest absolute Gasteiger partial charge is 0.359 e. The van der Waals surface area contributed by atoms with E-state index >= 15 is 0 Å². The van der Waals surface area contributed by atoms with Crippen LogP contribution >= 0.6 is 0 Å². The molecule has 0 saturated heterocycles. The molecule has 3 rings (SSSR count). The van der Waals surface area contributed by atoms with Crippen LogP contribution in [-0.4, -0.2) is 20.8 Å². The predicted molar refractivity (Wildman–Crippen MR) is 88.2 cm³/mol. The van der Waals surface area contributed by atoms with Crippen molar-refractivity contribution < 1.29 is 4.79 Å². The summed E-state index contributed by atoms with van der Waals surface area (Å²) in [6, 6.07) is 9.29. The van der Waals surface area contributed by atoms with E-state index in [1.54, 1.807) is 23.1 Å². The number of anilines is 2. The van der Waals surface area contributed by atoms with Crippen LogP contribution in [0, 0.1) is 0 Å². The number of aromatic amines is 1. The van der Waals surface area contributed by atoms with Gasteiger partial charge in [-0.15, -0.1) is 0 Å². The summed E-state index contributed by atoms with van der Waals surface area (Å²) in [4.78, 5) is 15.4. The summed E-state index contributed by atoms with van der Waals surface area (Å²) in [5.41, 5.74) is 1.53. The van der Waals surface area contributed by atoms with Crippen molar-refractivity contribution in [3.63, 3.8) is 0 Å². The Morgan fingerprint density at radius 2 is 1.95 bits per heavy atom. The van der Waals surface area contributed by atoms with Gasteiger partial charge in [0.25, 0.3) is 0 Å². The highest BCUT2D eigenvalue weighted by Gasteiger charge is 2.18. The predicted octanol–water partition coefficient (Wildman–Crippen LogP) is 3.76. The topological polar surface area (TPSA) is 74.7 Å². The molecule has 2 aromatic heterocycles. The number of nitrogens with zero attached hydrogens (tertiary/aromatic N) is 2. The summed E-state index contributed by atoms with van der Waals surface area (Å²) in [5, 5.41) is 10.9. The van der Waals surface area contributed by atoms with Crippen LogP contribution in [0.15, 0.2) is 42.7 Å². The lowest BCUT2D eigenvalue weighted by Crippen LogP contribution is -2.28. The summed E-state index contributed by atoms with van der Waals surface area (Å²) < 4.78 is 1.78. The van der Waals surface area contributed by atoms with Crippen molar-refractivity contribution in [3.8, 4) is 0 Å². The Morgan fingerprint density at radius 3 is 2.73 bits per heavy atom. The zero-order chi connectivity index (χ0) is 15.7. The molecule has 0 spiro atoms. The Labute approximate surface area is 128 Å². The molecule has 0 fully saturated rings. The fraction of sp³-hybridized carbons (Fsp3) is 0.250. The highest BCUT2D eigenvalue weighted by atomic mass is 16.2. The molecule has 0 aliphatic heterocycles. The molecule has 1 aromatic carbocycles. The molecule has 3 N–H and O–H groups in total. The van der Waals surface area contributed by atoms with Crippen molar-refractivity contribution in [1.82, 2.24) is 14.8 Å². The normalized spacial score (nSPS) is 11.6. The second kappa shape index (κ2) is 5.22. The number of amides is 2. The minimum Gasteiger partial charge on any atom is -0.359 e. The van der Waals surface area contributed by atoms with Crippen molar-refractivity contribution >= 4 is 28.4 Å². The highest BCUT2D eigenvalue weighted by Crippen LogP contribution is 2.23. The molecule has 2 amide bonds. The van der Waals surface area contributed by atoms with Crippen LogP contribution in [0.3, 0.4) is 0 Å². The number of rotatable bonds is 2. The number of nitrogens with one attached hydrogen (secondary N) is 3. The zero-order valence-electron chi connectivity index (χ0n) is 12.8. The standard InChI is InChI=1S/C16H19N5O/c1-16(2,3)21-14(8-9-18-21)20-15(22)19-13-10-17-12-7-5-4-6-11(12)13/h4-10,17H,1-3H3,(H2,19,20,22). The van der Waals surface area contributed by atoms with E-state index in [2.05, 4.69) is 20.7 Å². The lowest BCUT2D eigenvalue weighted by molar-refractivity contribution is 0.261. The minimum atomic E-state index is -0.296. The SMILES string of the molecule is CC(C)(C)n1nccc1NC(=O)Nc1c[nH]c2ccccc12. The molecular weight excluding hydrogens is 278 g/mol. The van der Waals surface area contributed by atoms with Crippen molar-refractivity contribution in [2.24, 2.45) is 0 Å². The van der Waals surface area contributed by atoms with Gasteiger partial charge in [0.05, 0.1) is 17.4 Å². The lowest BCUT2D eigenvalue weighted by Gasteiger charge is -2.22. The number of hydrogen-bond donors (Lipinski definition) is 3. The molecule has 0 unspecified atom stereocenters. The first-order valence-corrected chi connectivity index (χ1v) is 7.14. The smallest absolute Gasteiger partial charge is 0.324 e. The summed E-state index contributed by atoms with van der Waals surface area (Å²) in [6.07, 6.45) is 3.46. The molecule has 3 aromatic rings. The molecule has 114 valence electrons. The highest BCUT2D eigenvalue weighted by molar-refractivity contribution is 6.05. The molecule has 2 heterocycles. The van der Waals surface area contributed by atoms with Crippen molar-refractivity contribution in [2.75, 3.05) is 10.6 Å². The van der Waals surface area contributed by atoms with Crippen molar-refractivity contribution in [2.45, 2.75) is 26.3 Å². The van der Waals surface area contributed by atoms with Gasteiger partial charge in [-0.25, -0.2) is 9.48 Å². The van der Waals surface area contributed by atoms with E-state index in [0.29, 0.717) is 5.82 Å². The zero-order valence-corrected chi connectivity index (χ0v) is 12.8. The molecule has 6 heteroatoms. The maximum Gasteiger partial charge on any atom is 0.324 e. The van der Waals surface area contributed by atoms with E-state index in [1.165, 1.54) is 0 Å². The Morgan fingerprint density at radius 1 is 1.18 bits per heavy atom. The van der Waals surface area contributed by atoms with E-state index < -0.39 is 0 Å². The van der Waals surface area contributed by atoms with E-state index in [4.69, 9.17) is 0 Å². The van der Waals surface area contributed by atoms with Crippen LogP contribution in [0.5, 0.6) is 0 Å². The van der Waals surface area contributed by atoms with Gasteiger partial charge >= 0.3 is 6.03 Å². The Balaban J connectivity index is 1.77. The third-order valence-corrected chi connectivity index (χ3v) is 3.36. The number of urea groups is 1. The number of aromatic nitrogens is 3. The fourth-order valence-corrected chi connectivity index (χ4v) is 2.38. The molecule has 6 nitrogen and oxygen atoms in total. The van der Waals surface area contributed by atoms with Gasteiger partial charge in [0.2, 0.25) is 0 Å². The average Bonchev–Trinajstić information content (AvgIpc) is 3.06. The van der Waals surface area contributed by atoms with E-state index in [-0.39, 0.29) is 11.6 Å². The molecule has 0 atom stereocenters. The lowest BCUT2D eigenvalue weighted by atomic mass is 10.1. The molecule has 0 bridgehead atoms. The van der Waals surface area contributed by atoms with Gasteiger partial charge < -0.3 is 10.3 Å². The van der Waals surface area contributed by atoms with E-state index in [0.717, 1.165) is 16.6 Å². The third-order valence-electron chi connectivity index (χ3n) is 3.36. The monoisotopic (exact) mass is 297 g/mol. The molecule has 0 radical (unpaired) electrons. The number of para-hydroxylation sites is 1. The van der Waals surface area contributed by atoms with Gasteiger partial charge in [0, 0.05) is 23.2 Å². The first-order valence-electron chi connectivity index (χ1n) is 7.14. The van der Waals surface area contributed by atoms with Gasteiger partial charge in [0.1, 0.15) is 5.82 Å². The van der Waals surface area contributed by atoms with Crippen molar-refractivity contribution in [3.05, 3.63) is 42.7 Å². The first-order chi connectivity index (χ1) is 10.4. The summed E-state index contributed by atoms with van der Waals surface area (Å²) in [6.45, 7) is 6.09. The average molecular weight is 297 g/mol. The van der Waals surface area contributed by atoms with Crippen LogP contribution in [0.1, 0.15) is 20.8 Å². The second-order valence-corrected chi connectivity index (χ2v) is 6.13. The number of H-pyrrole nitrogens is 1. The fourth-order valence-electron chi connectivity index (χ4n) is 2.38.